The molecule has 0 fully saturated rings. The van der Waals surface area contributed by atoms with E-state index in [1.54, 1.807) is 11.6 Å². The van der Waals surface area contributed by atoms with Crippen molar-refractivity contribution in [1.82, 2.24) is 19.2 Å². The predicted octanol–water partition coefficient (Wildman–Crippen LogP) is 0.763. The highest BCUT2D eigenvalue weighted by Crippen LogP contribution is 2.25. The second-order valence-corrected chi connectivity index (χ2v) is 6.83. The molecule has 2 heterocycles. The van der Waals surface area contributed by atoms with Crippen LogP contribution in [0.4, 0.5) is 0 Å². The van der Waals surface area contributed by atoms with Crippen molar-refractivity contribution in [2.75, 3.05) is 19.7 Å². The first-order chi connectivity index (χ1) is 11.9. The van der Waals surface area contributed by atoms with E-state index >= 15 is 0 Å². The van der Waals surface area contributed by atoms with Crippen LogP contribution in [0.3, 0.4) is 0 Å². The van der Waals surface area contributed by atoms with Crippen molar-refractivity contribution in [3.05, 3.63) is 45.1 Å². The van der Waals surface area contributed by atoms with Crippen LogP contribution in [-0.4, -0.2) is 50.2 Å². The Hall–Kier alpha value is -2.12. The lowest BCUT2D eigenvalue weighted by molar-refractivity contribution is 0.0577. The van der Waals surface area contributed by atoms with E-state index in [0.717, 1.165) is 29.2 Å². The van der Waals surface area contributed by atoms with Gasteiger partial charge in [0, 0.05) is 26.7 Å². The number of aryl methyl sites for hydroxylation is 3. The maximum absolute atomic E-state index is 11.9. The number of aliphatic hydroxyl groups excluding tert-OH is 1. The molecule has 0 saturated heterocycles. The molecule has 1 N–H and O–H groups in total. The minimum atomic E-state index is -0.596. The minimum Gasteiger partial charge on any atom is -0.490 e. The number of aromatic nitrogens is 3. The number of fused-ring (bicyclic) bond motifs is 1. The summed E-state index contributed by atoms with van der Waals surface area (Å²) < 4.78 is 8.95. The lowest BCUT2D eigenvalue weighted by Crippen LogP contribution is -2.42. The number of nitrogens with zero attached hydrogens (tertiary/aromatic N) is 4. The quantitative estimate of drug-likeness (QED) is 0.865. The molecule has 1 atom stereocenters. The zero-order valence-electron chi connectivity index (χ0n) is 15.3. The molecular formula is C18H26N4O3. The van der Waals surface area contributed by atoms with E-state index in [1.165, 1.54) is 10.2 Å². The Morgan fingerprint density at radius 2 is 1.96 bits per heavy atom. The van der Waals surface area contributed by atoms with Gasteiger partial charge in [-0.2, -0.15) is 5.10 Å². The molecule has 0 bridgehead atoms. The molecule has 7 heteroatoms. The van der Waals surface area contributed by atoms with Crippen molar-refractivity contribution < 1.29 is 9.84 Å². The summed E-state index contributed by atoms with van der Waals surface area (Å²) in [4.78, 5) is 14.0. The summed E-state index contributed by atoms with van der Waals surface area (Å²) in [5.74, 6) is 1.61. The summed E-state index contributed by atoms with van der Waals surface area (Å²) in [6.45, 7) is 8.73. The van der Waals surface area contributed by atoms with Gasteiger partial charge < -0.3 is 9.84 Å². The van der Waals surface area contributed by atoms with Crippen LogP contribution in [0.5, 0.6) is 5.75 Å². The molecule has 2 aromatic rings. The fourth-order valence-electron chi connectivity index (χ4n) is 3.25. The average Bonchev–Trinajstić information content (AvgIpc) is 2.85. The number of aliphatic hydroxyl groups is 1. The summed E-state index contributed by atoms with van der Waals surface area (Å²) in [5, 5.41) is 14.6. The SMILES string of the molecule is Cc1ccc(C)c(OCC(O)CN2CCn3c(nn(C)c3=O)C2)c1C. The minimum absolute atomic E-state index is 0.0797. The van der Waals surface area contributed by atoms with Crippen LogP contribution in [0.2, 0.25) is 0 Å². The van der Waals surface area contributed by atoms with Crippen molar-refractivity contribution in [2.45, 2.75) is 40.0 Å². The summed E-state index contributed by atoms with van der Waals surface area (Å²) >= 11 is 0. The third kappa shape index (κ3) is 3.62. The van der Waals surface area contributed by atoms with Gasteiger partial charge in [-0.25, -0.2) is 9.48 Å². The van der Waals surface area contributed by atoms with Gasteiger partial charge in [0.15, 0.2) is 0 Å². The Labute approximate surface area is 147 Å². The van der Waals surface area contributed by atoms with E-state index in [4.69, 9.17) is 4.74 Å². The number of hydrogen-bond acceptors (Lipinski definition) is 5. The second-order valence-electron chi connectivity index (χ2n) is 6.83. The molecule has 25 heavy (non-hydrogen) atoms. The molecule has 0 radical (unpaired) electrons. The monoisotopic (exact) mass is 346 g/mol. The van der Waals surface area contributed by atoms with Crippen LogP contribution >= 0.6 is 0 Å². The summed E-state index contributed by atoms with van der Waals surface area (Å²) in [6.07, 6.45) is -0.596. The van der Waals surface area contributed by atoms with Crippen LogP contribution < -0.4 is 10.4 Å². The standard InChI is InChI=1S/C18H26N4O3/c1-12-5-6-13(2)17(14(12)3)25-11-15(23)9-21-7-8-22-16(10-21)19-20(4)18(22)24/h5-6,15,23H,7-11H2,1-4H3. The molecule has 0 spiro atoms. The fourth-order valence-corrected chi connectivity index (χ4v) is 3.25. The molecule has 0 amide bonds. The van der Waals surface area contributed by atoms with E-state index in [9.17, 15) is 9.90 Å². The Morgan fingerprint density at radius 1 is 1.24 bits per heavy atom. The van der Waals surface area contributed by atoms with Crippen LogP contribution in [0.1, 0.15) is 22.5 Å². The van der Waals surface area contributed by atoms with Crippen LogP contribution in [0.15, 0.2) is 16.9 Å². The van der Waals surface area contributed by atoms with E-state index in [-0.39, 0.29) is 12.3 Å². The molecule has 3 rings (SSSR count). The molecule has 136 valence electrons. The van der Waals surface area contributed by atoms with Crippen molar-refractivity contribution in [1.29, 1.82) is 0 Å². The van der Waals surface area contributed by atoms with Gasteiger partial charge >= 0.3 is 5.69 Å². The number of hydrogen-bond donors (Lipinski definition) is 1. The smallest absolute Gasteiger partial charge is 0.345 e. The van der Waals surface area contributed by atoms with Crippen molar-refractivity contribution in [3.63, 3.8) is 0 Å². The van der Waals surface area contributed by atoms with Gasteiger partial charge in [0.1, 0.15) is 24.3 Å². The van der Waals surface area contributed by atoms with Gasteiger partial charge in [-0.05, 0) is 37.5 Å². The van der Waals surface area contributed by atoms with Crippen LogP contribution in [0, 0.1) is 20.8 Å². The van der Waals surface area contributed by atoms with E-state index < -0.39 is 6.10 Å². The van der Waals surface area contributed by atoms with Gasteiger partial charge in [0.05, 0.1) is 6.54 Å². The second kappa shape index (κ2) is 7.01. The fraction of sp³-hybridized carbons (Fsp3) is 0.556. The molecule has 0 saturated carbocycles. The molecular weight excluding hydrogens is 320 g/mol. The van der Waals surface area contributed by atoms with Crippen molar-refractivity contribution >= 4 is 0 Å². The number of benzene rings is 1. The molecule has 1 aliphatic heterocycles. The molecule has 1 aliphatic rings. The van der Waals surface area contributed by atoms with Gasteiger partial charge in [-0.1, -0.05) is 12.1 Å². The largest absolute Gasteiger partial charge is 0.490 e. The first kappa shape index (κ1) is 17.7. The van der Waals surface area contributed by atoms with E-state index in [0.29, 0.717) is 19.6 Å². The summed E-state index contributed by atoms with van der Waals surface area (Å²) in [5.41, 5.74) is 3.29. The highest BCUT2D eigenvalue weighted by molar-refractivity contribution is 5.44. The van der Waals surface area contributed by atoms with Gasteiger partial charge in [-0.15, -0.1) is 0 Å². The highest BCUT2D eigenvalue weighted by atomic mass is 16.5. The summed E-state index contributed by atoms with van der Waals surface area (Å²) in [6, 6.07) is 4.11. The molecule has 7 nitrogen and oxygen atoms in total. The van der Waals surface area contributed by atoms with Crippen molar-refractivity contribution in [3.8, 4) is 5.75 Å². The van der Waals surface area contributed by atoms with E-state index in [2.05, 4.69) is 23.0 Å². The van der Waals surface area contributed by atoms with Crippen LogP contribution in [0.25, 0.3) is 0 Å². The van der Waals surface area contributed by atoms with E-state index in [1.807, 2.05) is 19.9 Å². The Morgan fingerprint density at radius 3 is 2.72 bits per heavy atom. The predicted molar refractivity (Wildman–Crippen MR) is 94.9 cm³/mol. The molecule has 0 aliphatic carbocycles. The Balaban J connectivity index is 1.58. The third-order valence-corrected chi connectivity index (χ3v) is 4.85. The highest BCUT2D eigenvalue weighted by Gasteiger charge is 2.23. The first-order valence-corrected chi connectivity index (χ1v) is 8.59. The zero-order valence-corrected chi connectivity index (χ0v) is 15.3. The lowest BCUT2D eigenvalue weighted by atomic mass is 10.1. The topological polar surface area (TPSA) is 72.5 Å². The lowest BCUT2D eigenvalue weighted by Gasteiger charge is -2.28. The average molecular weight is 346 g/mol. The Bertz CT molecular complexity index is 824. The maximum atomic E-state index is 11.9. The maximum Gasteiger partial charge on any atom is 0.345 e. The molecule has 1 aromatic heterocycles. The third-order valence-electron chi connectivity index (χ3n) is 4.85. The summed E-state index contributed by atoms with van der Waals surface area (Å²) in [7, 11) is 1.66. The van der Waals surface area contributed by atoms with Crippen LogP contribution in [-0.2, 0) is 20.1 Å². The van der Waals surface area contributed by atoms with Gasteiger partial charge in [0.2, 0.25) is 0 Å². The number of rotatable bonds is 5. The molecule has 1 aromatic carbocycles. The van der Waals surface area contributed by atoms with Gasteiger partial charge in [0.25, 0.3) is 0 Å². The van der Waals surface area contributed by atoms with Gasteiger partial charge in [-0.3, -0.25) is 9.47 Å². The number of ether oxygens (including phenoxy) is 1. The normalized spacial score (nSPS) is 15.9. The zero-order chi connectivity index (χ0) is 18.1. The number of β-amino-alcohol motifs (C(OH)–C–C–N with tert-alkyl or cyclic N) is 1. The Kier molecular flexibility index (Phi) is 4.96. The van der Waals surface area contributed by atoms with Crippen molar-refractivity contribution in [2.24, 2.45) is 7.05 Å². The first-order valence-electron chi connectivity index (χ1n) is 8.59. The molecule has 1 unspecified atom stereocenters.